The van der Waals surface area contributed by atoms with Gasteiger partial charge in [0.25, 0.3) is 0 Å². The molecule has 2 N–H and O–H groups in total. The fourth-order valence-electron chi connectivity index (χ4n) is 1.77. The number of nitrogens with zero attached hydrogens (tertiary/aromatic N) is 2. The quantitative estimate of drug-likeness (QED) is 0.946. The molecule has 2 rings (SSSR count). The standard InChI is InChI=1S/C13H16BrN3/c1-13(2,15)12-7-16-9-17(12)8-10-3-5-11(14)6-4-10/h3-7,9H,8,15H2,1-2H3. The molecule has 0 spiro atoms. The Morgan fingerprint density at radius 2 is 1.94 bits per heavy atom. The van der Waals surface area contributed by atoms with Crippen LogP contribution in [0.2, 0.25) is 0 Å². The predicted octanol–water partition coefficient (Wildman–Crippen LogP) is 2.89. The van der Waals surface area contributed by atoms with Gasteiger partial charge in [-0.1, -0.05) is 28.1 Å². The Morgan fingerprint density at radius 3 is 2.53 bits per heavy atom. The van der Waals surface area contributed by atoms with Crippen molar-refractivity contribution >= 4 is 15.9 Å². The minimum absolute atomic E-state index is 0.369. The van der Waals surface area contributed by atoms with Gasteiger partial charge >= 0.3 is 0 Å². The van der Waals surface area contributed by atoms with Crippen molar-refractivity contribution in [2.45, 2.75) is 25.9 Å². The van der Waals surface area contributed by atoms with Crippen molar-refractivity contribution in [2.75, 3.05) is 0 Å². The second kappa shape index (κ2) is 4.63. The molecular formula is C13H16BrN3. The lowest BCUT2D eigenvalue weighted by atomic mass is 10.0. The van der Waals surface area contributed by atoms with Crippen LogP contribution in [0.1, 0.15) is 25.1 Å². The van der Waals surface area contributed by atoms with E-state index in [4.69, 9.17) is 5.73 Å². The van der Waals surface area contributed by atoms with Crippen LogP contribution < -0.4 is 5.73 Å². The molecule has 0 radical (unpaired) electrons. The molecule has 4 heteroatoms. The summed E-state index contributed by atoms with van der Waals surface area (Å²) in [4.78, 5) is 4.18. The number of hydrogen-bond donors (Lipinski definition) is 1. The molecule has 0 saturated carbocycles. The average Bonchev–Trinajstić information content (AvgIpc) is 2.69. The van der Waals surface area contributed by atoms with Crippen molar-refractivity contribution in [3.8, 4) is 0 Å². The van der Waals surface area contributed by atoms with Crippen LogP contribution in [-0.2, 0) is 12.1 Å². The minimum atomic E-state index is -0.369. The van der Waals surface area contributed by atoms with E-state index in [9.17, 15) is 0 Å². The molecule has 0 bridgehead atoms. The van der Waals surface area contributed by atoms with E-state index in [0.717, 1.165) is 16.7 Å². The zero-order valence-corrected chi connectivity index (χ0v) is 11.6. The normalized spacial score (nSPS) is 11.8. The third kappa shape index (κ3) is 2.96. The summed E-state index contributed by atoms with van der Waals surface area (Å²) in [5.41, 5.74) is 8.02. The van der Waals surface area contributed by atoms with Crippen LogP contribution in [0.4, 0.5) is 0 Å². The highest BCUT2D eigenvalue weighted by molar-refractivity contribution is 9.10. The Labute approximate surface area is 110 Å². The van der Waals surface area contributed by atoms with Crippen molar-refractivity contribution < 1.29 is 0 Å². The highest BCUT2D eigenvalue weighted by Gasteiger charge is 2.18. The molecule has 0 unspecified atom stereocenters. The first-order valence-electron chi connectivity index (χ1n) is 5.51. The zero-order valence-electron chi connectivity index (χ0n) is 10.0. The van der Waals surface area contributed by atoms with E-state index in [1.807, 2.05) is 38.5 Å². The summed E-state index contributed by atoms with van der Waals surface area (Å²) in [7, 11) is 0. The number of nitrogens with two attached hydrogens (primary N) is 1. The number of hydrogen-bond acceptors (Lipinski definition) is 2. The molecule has 1 heterocycles. The van der Waals surface area contributed by atoms with Gasteiger partial charge in [-0.15, -0.1) is 0 Å². The largest absolute Gasteiger partial charge is 0.328 e. The van der Waals surface area contributed by atoms with Gasteiger partial charge in [-0.05, 0) is 31.5 Å². The van der Waals surface area contributed by atoms with Gasteiger partial charge in [-0.3, -0.25) is 0 Å². The van der Waals surface area contributed by atoms with Crippen LogP contribution in [0.3, 0.4) is 0 Å². The van der Waals surface area contributed by atoms with E-state index < -0.39 is 0 Å². The van der Waals surface area contributed by atoms with Crippen molar-refractivity contribution in [3.05, 3.63) is 52.5 Å². The van der Waals surface area contributed by atoms with Gasteiger partial charge in [0.2, 0.25) is 0 Å². The summed E-state index contributed by atoms with van der Waals surface area (Å²) in [6.07, 6.45) is 3.66. The molecule has 1 aromatic carbocycles. The first kappa shape index (κ1) is 12.3. The summed E-state index contributed by atoms with van der Waals surface area (Å²) in [6, 6.07) is 8.27. The Bertz CT molecular complexity index is 494. The highest BCUT2D eigenvalue weighted by atomic mass is 79.9. The fourth-order valence-corrected chi connectivity index (χ4v) is 2.03. The zero-order chi connectivity index (χ0) is 12.5. The summed E-state index contributed by atoms with van der Waals surface area (Å²) in [5.74, 6) is 0. The second-order valence-corrected chi connectivity index (χ2v) is 5.67. The number of aromatic nitrogens is 2. The summed E-state index contributed by atoms with van der Waals surface area (Å²) in [6.45, 7) is 4.77. The number of rotatable bonds is 3. The van der Waals surface area contributed by atoms with Crippen molar-refractivity contribution in [2.24, 2.45) is 5.73 Å². The van der Waals surface area contributed by atoms with Gasteiger partial charge in [0.15, 0.2) is 0 Å². The van der Waals surface area contributed by atoms with Gasteiger partial charge in [0, 0.05) is 17.2 Å². The molecule has 0 atom stereocenters. The van der Waals surface area contributed by atoms with Gasteiger partial charge < -0.3 is 10.3 Å². The topological polar surface area (TPSA) is 43.8 Å². The molecule has 90 valence electrons. The lowest BCUT2D eigenvalue weighted by molar-refractivity contribution is 0.503. The number of imidazole rings is 1. The molecule has 0 saturated heterocycles. The first-order chi connectivity index (χ1) is 7.97. The Balaban J connectivity index is 2.25. The molecule has 0 aliphatic heterocycles. The Morgan fingerprint density at radius 1 is 1.29 bits per heavy atom. The van der Waals surface area contributed by atoms with Crippen LogP contribution >= 0.6 is 15.9 Å². The summed E-state index contributed by atoms with van der Waals surface area (Å²) in [5, 5.41) is 0. The van der Waals surface area contributed by atoms with Crippen LogP contribution in [0.5, 0.6) is 0 Å². The van der Waals surface area contributed by atoms with E-state index in [1.165, 1.54) is 5.56 Å². The number of halogens is 1. The van der Waals surface area contributed by atoms with Crippen molar-refractivity contribution in [1.29, 1.82) is 0 Å². The van der Waals surface area contributed by atoms with Gasteiger partial charge in [0.1, 0.15) is 0 Å². The van der Waals surface area contributed by atoms with Gasteiger partial charge in [0.05, 0.1) is 17.6 Å². The molecule has 17 heavy (non-hydrogen) atoms. The van der Waals surface area contributed by atoms with Crippen molar-refractivity contribution in [1.82, 2.24) is 9.55 Å². The minimum Gasteiger partial charge on any atom is -0.328 e. The van der Waals surface area contributed by atoms with Crippen LogP contribution in [0, 0.1) is 0 Å². The van der Waals surface area contributed by atoms with E-state index in [-0.39, 0.29) is 5.54 Å². The van der Waals surface area contributed by atoms with Crippen molar-refractivity contribution in [3.63, 3.8) is 0 Å². The third-order valence-corrected chi connectivity index (χ3v) is 3.17. The molecule has 1 aromatic heterocycles. The molecular weight excluding hydrogens is 278 g/mol. The van der Waals surface area contributed by atoms with E-state index >= 15 is 0 Å². The Kier molecular flexibility index (Phi) is 3.35. The third-order valence-electron chi connectivity index (χ3n) is 2.64. The smallest absolute Gasteiger partial charge is 0.0951 e. The maximum absolute atomic E-state index is 6.11. The summed E-state index contributed by atoms with van der Waals surface area (Å²) >= 11 is 3.43. The summed E-state index contributed by atoms with van der Waals surface area (Å²) < 4.78 is 3.18. The highest BCUT2D eigenvalue weighted by Crippen LogP contribution is 2.18. The SMILES string of the molecule is CC(C)(N)c1cncn1Cc1ccc(Br)cc1. The molecule has 0 amide bonds. The van der Waals surface area contributed by atoms with Crippen LogP contribution in [0.15, 0.2) is 41.3 Å². The Hall–Kier alpha value is -1.13. The van der Waals surface area contributed by atoms with E-state index in [0.29, 0.717) is 0 Å². The fraction of sp³-hybridized carbons (Fsp3) is 0.308. The molecule has 0 aliphatic carbocycles. The monoisotopic (exact) mass is 293 g/mol. The first-order valence-corrected chi connectivity index (χ1v) is 6.30. The van der Waals surface area contributed by atoms with E-state index in [1.54, 1.807) is 0 Å². The number of benzene rings is 1. The average molecular weight is 294 g/mol. The van der Waals surface area contributed by atoms with Gasteiger partial charge in [-0.2, -0.15) is 0 Å². The van der Waals surface area contributed by atoms with Crippen LogP contribution in [-0.4, -0.2) is 9.55 Å². The molecule has 2 aromatic rings. The van der Waals surface area contributed by atoms with Gasteiger partial charge in [-0.25, -0.2) is 4.98 Å². The second-order valence-electron chi connectivity index (χ2n) is 4.75. The maximum atomic E-state index is 6.11. The van der Waals surface area contributed by atoms with E-state index in [2.05, 4.69) is 37.6 Å². The molecule has 0 fully saturated rings. The predicted molar refractivity (Wildman–Crippen MR) is 72.7 cm³/mol. The van der Waals surface area contributed by atoms with Crippen LogP contribution in [0.25, 0.3) is 0 Å². The lowest BCUT2D eigenvalue weighted by Gasteiger charge is -2.20. The maximum Gasteiger partial charge on any atom is 0.0951 e. The lowest BCUT2D eigenvalue weighted by Crippen LogP contribution is -2.31. The molecule has 0 aliphatic rings. The molecule has 3 nitrogen and oxygen atoms in total.